The van der Waals surface area contributed by atoms with Crippen molar-refractivity contribution in [3.63, 3.8) is 0 Å². The van der Waals surface area contributed by atoms with E-state index >= 15 is 0 Å². The topological polar surface area (TPSA) is 9.23 Å². The number of rotatable bonds is 4. The predicted molar refractivity (Wildman–Crippen MR) is 80.8 cm³/mol. The van der Waals surface area contributed by atoms with Crippen LogP contribution < -0.4 is 4.74 Å². The molecule has 0 radical (unpaired) electrons. The summed E-state index contributed by atoms with van der Waals surface area (Å²) in [4.78, 5) is 0. The first-order valence-electron chi connectivity index (χ1n) is 6.45. The summed E-state index contributed by atoms with van der Waals surface area (Å²) in [6, 6.07) is 16.8. The second kappa shape index (κ2) is 5.31. The summed E-state index contributed by atoms with van der Waals surface area (Å²) in [7, 11) is 1.68. The minimum atomic E-state index is -0.181. The van der Waals surface area contributed by atoms with Crippen LogP contribution in [0.25, 0.3) is 0 Å². The van der Waals surface area contributed by atoms with E-state index in [0.717, 1.165) is 5.75 Å². The summed E-state index contributed by atoms with van der Waals surface area (Å²) in [5.41, 5.74) is 3.55. The van der Waals surface area contributed by atoms with Gasteiger partial charge in [-0.2, -0.15) is 0 Å². The number of hydrogen-bond acceptors (Lipinski definition) is 1. The van der Waals surface area contributed by atoms with Gasteiger partial charge in [0.25, 0.3) is 0 Å². The molecular formula is C18H20O. The van der Waals surface area contributed by atoms with Crippen LogP contribution in [0.5, 0.6) is 5.75 Å². The fourth-order valence-corrected chi connectivity index (χ4v) is 2.24. The zero-order chi connectivity index (χ0) is 13.9. The lowest BCUT2D eigenvalue weighted by Gasteiger charge is -2.27. The summed E-state index contributed by atoms with van der Waals surface area (Å²) < 4.78 is 5.21. The molecule has 0 aromatic heterocycles. The van der Waals surface area contributed by atoms with Crippen molar-refractivity contribution in [1.29, 1.82) is 0 Å². The molecule has 0 aliphatic heterocycles. The van der Waals surface area contributed by atoms with Gasteiger partial charge in [-0.15, -0.1) is 6.58 Å². The van der Waals surface area contributed by atoms with Gasteiger partial charge in [0.2, 0.25) is 0 Å². The largest absolute Gasteiger partial charge is 0.497 e. The molecule has 0 bridgehead atoms. The third-order valence-electron chi connectivity index (χ3n) is 3.75. The molecule has 0 N–H and O–H groups in total. The summed E-state index contributed by atoms with van der Waals surface area (Å²) in [5.74, 6) is 0.874. The SMILES string of the molecule is C=CC(C)(c1ccc(C)cc1)c1ccc(OC)cc1. The molecular weight excluding hydrogens is 232 g/mol. The molecule has 0 heterocycles. The van der Waals surface area contributed by atoms with Crippen molar-refractivity contribution in [2.45, 2.75) is 19.3 Å². The minimum Gasteiger partial charge on any atom is -0.497 e. The molecule has 98 valence electrons. The monoisotopic (exact) mass is 252 g/mol. The van der Waals surface area contributed by atoms with E-state index in [9.17, 15) is 0 Å². The fraction of sp³-hybridized carbons (Fsp3) is 0.222. The van der Waals surface area contributed by atoms with Crippen LogP contribution in [0.4, 0.5) is 0 Å². The van der Waals surface area contributed by atoms with Gasteiger partial charge in [0, 0.05) is 5.41 Å². The summed E-state index contributed by atoms with van der Waals surface area (Å²) in [6.45, 7) is 8.31. The highest BCUT2D eigenvalue weighted by Gasteiger charge is 2.25. The van der Waals surface area contributed by atoms with Crippen LogP contribution in [0, 0.1) is 6.92 Å². The summed E-state index contributed by atoms with van der Waals surface area (Å²) >= 11 is 0. The summed E-state index contributed by atoms with van der Waals surface area (Å²) in [5, 5.41) is 0. The molecule has 0 saturated heterocycles. The van der Waals surface area contributed by atoms with Crippen molar-refractivity contribution >= 4 is 0 Å². The number of allylic oxidation sites excluding steroid dienone is 1. The molecule has 19 heavy (non-hydrogen) atoms. The van der Waals surface area contributed by atoms with Crippen molar-refractivity contribution in [2.24, 2.45) is 0 Å². The van der Waals surface area contributed by atoms with E-state index in [0.29, 0.717) is 0 Å². The van der Waals surface area contributed by atoms with Gasteiger partial charge in [0.15, 0.2) is 0 Å². The molecule has 1 unspecified atom stereocenters. The molecule has 0 aliphatic rings. The average Bonchev–Trinajstić information content (AvgIpc) is 2.47. The average molecular weight is 252 g/mol. The van der Waals surface area contributed by atoms with Crippen LogP contribution in [-0.2, 0) is 5.41 Å². The highest BCUT2D eigenvalue weighted by Crippen LogP contribution is 2.34. The van der Waals surface area contributed by atoms with E-state index in [1.807, 2.05) is 18.2 Å². The smallest absolute Gasteiger partial charge is 0.118 e. The molecule has 0 saturated carbocycles. The number of methoxy groups -OCH3 is 1. The van der Waals surface area contributed by atoms with E-state index < -0.39 is 0 Å². The molecule has 0 aliphatic carbocycles. The Hall–Kier alpha value is -2.02. The van der Waals surface area contributed by atoms with Gasteiger partial charge in [0.1, 0.15) is 5.75 Å². The van der Waals surface area contributed by atoms with Crippen LogP contribution in [0.1, 0.15) is 23.6 Å². The highest BCUT2D eigenvalue weighted by atomic mass is 16.5. The van der Waals surface area contributed by atoms with Gasteiger partial charge in [-0.3, -0.25) is 0 Å². The van der Waals surface area contributed by atoms with Crippen LogP contribution in [0.3, 0.4) is 0 Å². The minimum absolute atomic E-state index is 0.181. The van der Waals surface area contributed by atoms with E-state index in [4.69, 9.17) is 4.74 Å². The Balaban J connectivity index is 2.46. The Morgan fingerprint density at radius 2 is 1.42 bits per heavy atom. The van der Waals surface area contributed by atoms with Crippen molar-refractivity contribution in [3.05, 3.63) is 77.9 Å². The maximum Gasteiger partial charge on any atom is 0.118 e. The first-order valence-corrected chi connectivity index (χ1v) is 6.45. The fourth-order valence-electron chi connectivity index (χ4n) is 2.24. The van der Waals surface area contributed by atoms with E-state index in [1.165, 1.54) is 16.7 Å². The van der Waals surface area contributed by atoms with Crippen molar-refractivity contribution in [3.8, 4) is 5.75 Å². The molecule has 2 aromatic rings. The van der Waals surface area contributed by atoms with Crippen LogP contribution in [-0.4, -0.2) is 7.11 Å². The number of ether oxygens (including phenoxy) is 1. The van der Waals surface area contributed by atoms with Gasteiger partial charge >= 0.3 is 0 Å². The van der Waals surface area contributed by atoms with E-state index in [2.05, 4.69) is 56.8 Å². The molecule has 0 spiro atoms. The molecule has 1 heteroatoms. The molecule has 2 rings (SSSR count). The Bertz CT molecular complexity index is 551. The third kappa shape index (κ3) is 2.55. The highest BCUT2D eigenvalue weighted by molar-refractivity contribution is 5.45. The lowest BCUT2D eigenvalue weighted by molar-refractivity contribution is 0.414. The number of aryl methyl sites for hydroxylation is 1. The molecule has 1 atom stereocenters. The Morgan fingerprint density at radius 1 is 0.947 bits per heavy atom. The zero-order valence-electron chi connectivity index (χ0n) is 11.8. The lowest BCUT2D eigenvalue weighted by atomic mass is 9.76. The van der Waals surface area contributed by atoms with Crippen molar-refractivity contribution in [1.82, 2.24) is 0 Å². The molecule has 0 fully saturated rings. The Morgan fingerprint density at radius 3 is 1.84 bits per heavy atom. The molecule has 0 amide bonds. The van der Waals surface area contributed by atoms with E-state index in [-0.39, 0.29) is 5.41 Å². The van der Waals surface area contributed by atoms with Crippen molar-refractivity contribution in [2.75, 3.05) is 7.11 Å². The van der Waals surface area contributed by atoms with Gasteiger partial charge in [-0.25, -0.2) is 0 Å². The predicted octanol–water partition coefficient (Wildman–Crippen LogP) is 4.50. The zero-order valence-corrected chi connectivity index (χ0v) is 11.8. The first-order chi connectivity index (χ1) is 9.10. The number of hydrogen-bond donors (Lipinski definition) is 0. The third-order valence-corrected chi connectivity index (χ3v) is 3.75. The van der Waals surface area contributed by atoms with Gasteiger partial charge in [0.05, 0.1) is 7.11 Å². The van der Waals surface area contributed by atoms with E-state index in [1.54, 1.807) is 7.11 Å². The maximum atomic E-state index is 5.21. The van der Waals surface area contributed by atoms with Gasteiger partial charge < -0.3 is 4.74 Å². The standard InChI is InChI=1S/C18H20O/c1-5-18(3,15-8-6-14(2)7-9-15)16-10-12-17(19-4)13-11-16/h5-13H,1H2,2-4H3. The summed E-state index contributed by atoms with van der Waals surface area (Å²) in [6.07, 6.45) is 2.00. The lowest BCUT2D eigenvalue weighted by Crippen LogP contribution is -2.20. The van der Waals surface area contributed by atoms with Crippen LogP contribution in [0.2, 0.25) is 0 Å². The first kappa shape index (κ1) is 13.4. The van der Waals surface area contributed by atoms with Gasteiger partial charge in [-0.1, -0.05) is 48.0 Å². The van der Waals surface area contributed by atoms with Crippen LogP contribution in [0.15, 0.2) is 61.2 Å². The van der Waals surface area contributed by atoms with Gasteiger partial charge in [-0.05, 0) is 37.1 Å². The maximum absolute atomic E-state index is 5.21. The Labute approximate surface area is 115 Å². The second-order valence-electron chi connectivity index (χ2n) is 5.00. The molecule has 1 nitrogen and oxygen atoms in total. The molecule has 2 aromatic carbocycles. The normalized spacial score (nSPS) is 13.6. The quantitative estimate of drug-likeness (QED) is 0.728. The van der Waals surface area contributed by atoms with Crippen molar-refractivity contribution < 1.29 is 4.74 Å². The second-order valence-corrected chi connectivity index (χ2v) is 5.00. The Kier molecular flexibility index (Phi) is 3.75. The number of benzene rings is 2. The van der Waals surface area contributed by atoms with Crippen LogP contribution >= 0.6 is 0 Å².